The van der Waals surface area contributed by atoms with Gasteiger partial charge in [0.2, 0.25) is 0 Å². The van der Waals surface area contributed by atoms with Gasteiger partial charge < -0.3 is 27.6 Å². The van der Waals surface area contributed by atoms with Crippen LogP contribution in [0.1, 0.15) is 53.4 Å². The van der Waals surface area contributed by atoms with Crippen LogP contribution in [0.4, 0.5) is 0 Å². The third kappa shape index (κ3) is 12.7. The van der Waals surface area contributed by atoms with Crippen molar-refractivity contribution in [1.29, 1.82) is 0 Å². The van der Waals surface area contributed by atoms with E-state index in [1.54, 1.807) is 0 Å². The molecule has 0 heterocycles. The topological polar surface area (TPSA) is 89.5 Å². The first-order chi connectivity index (χ1) is 16.2. The van der Waals surface area contributed by atoms with Gasteiger partial charge in [-0.1, -0.05) is 27.7 Å². The Bertz CT molecular complexity index is 720. The van der Waals surface area contributed by atoms with E-state index in [9.17, 15) is 9.13 Å². The molecule has 1 rings (SSSR count). The lowest BCUT2D eigenvalue weighted by Gasteiger charge is -2.19. The quantitative estimate of drug-likeness (QED) is 0.0990. The SMILES string of the molecule is CCCOP(=O)(CCOc1cc(I)c(OCCP(=O)(OCCC)OCCC)cc1I)OCCC. The van der Waals surface area contributed by atoms with E-state index >= 15 is 0 Å². The summed E-state index contributed by atoms with van der Waals surface area (Å²) in [6, 6.07) is 3.73. The minimum Gasteiger partial charge on any atom is -0.492 e. The van der Waals surface area contributed by atoms with Crippen molar-refractivity contribution >= 4 is 60.4 Å². The maximum absolute atomic E-state index is 12.9. The lowest BCUT2D eigenvalue weighted by molar-refractivity contribution is 0.197. The summed E-state index contributed by atoms with van der Waals surface area (Å²) >= 11 is 4.34. The Morgan fingerprint density at radius 2 is 0.882 bits per heavy atom. The third-order valence-corrected chi connectivity index (χ3v) is 9.65. The third-order valence-electron chi connectivity index (χ3n) is 4.20. The average Bonchev–Trinajstić information content (AvgIpc) is 2.82. The fraction of sp³-hybridized carbons (Fsp3) is 0.727. The van der Waals surface area contributed by atoms with Crippen molar-refractivity contribution in [3.63, 3.8) is 0 Å². The maximum atomic E-state index is 12.9. The second-order valence-electron chi connectivity index (χ2n) is 7.41. The summed E-state index contributed by atoms with van der Waals surface area (Å²) in [4.78, 5) is 0. The predicted molar refractivity (Wildman–Crippen MR) is 153 cm³/mol. The van der Waals surface area contributed by atoms with E-state index in [4.69, 9.17) is 27.6 Å². The Kier molecular flexibility index (Phi) is 17.2. The Labute approximate surface area is 231 Å². The number of benzene rings is 1. The summed E-state index contributed by atoms with van der Waals surface area (Å²) < 4.78 is 61.2. The van der Waals surface area contributed by atoms with E-state index in [0.717, 1.165) is 32.8 Å². The minimum atomic E-state index is -3.18. The molecule has 198 valence electrons. The van der Waals surface area contributed by atoms with Gasteiger partial charge in [0, 0.05) is 0 Å². The number of ether oxygens (including phenoxy) is 2. The molecule has 1 aromatic rings. The fourth-order valence-electron chi connectivity index (χ4n) is 2.52. The molecule has 0 aliphatic rings. The van der Waals surface area contributed by atoms with Crippen LogP contribution in [0.25, 0.3) is 0 Å². The van der Waals surface area contributed by atoms with E-state index in [0.29, 0.717) is 37.9 Å². The first kappa shape index (κ1) is 32.6. The summed E-state index contributed by atoms with van der Waals surface area (Å²) in [7, 11) is -6.36. The highest BCUT2D eigenvalue weighted by Gasteiger charge is 2.26. The van der Waals surface area contributed by atoms with Crippen LogP contribution >= 0.6 is 60.4 Å². The van der Waals surface area contributed by atoms with E-state index < -0.39 is 15.2 Å². The fourth-order valence-corrected chi connectivity index (χ4v) is 6.85. The lowest BCUT2D eigenvalue weighted by atomic mass is 10.3. The molecule has 0 saturated carbocycles. The molecule has 0 amide bonds. The maximum Gasteiger partial charge on any atom is 0.334 e. The van der Waals surface area contributed by atoms with Gasteiger partial charge in [0.15, 0.2) is 0 Å². The van der Waals surface area contributed by atoms with Crippen molar-refractivity contribution in [3.05, 3.63) is 19.3 Å². The van der Waals surface area contributed by atoms with Crippen LogP contribution < -0.4 is 9.47 Å². The van der Waals surface area contributed by atoms with Crippen molar-refractivity contribution in [1.82, 2.24) is 0 Å². The molecular formula is C22H38I2O8P2. The summed E-state index contributed by atoms with van der Waals surface area (Å²) in [6.45, 7) is 9.84. The van der Waals surface area contributed by atoms with Gasteiger partial charge >= 0.3 is 15.2 Å². The monoisotopic (exact) mass is 746 g/mol. The van der Waals surface area contributed by atoms with Crippen LogP contribution in [0.5, 0.6) is 11.5 Å². The van der Waals surface area contributed by atoms with Crippen molar-refractivity contribution in [2.45, 2.75) is 53.4 Å². The molecule has 0 aliphatic carbocycles. The van der Waals surface area contributed by atoms with Gasteiger partial charge in [-0.25, -0.2) is 0 Å². The van der Waals surface area contributed by atoms with Crippen LogP contribution in [0.15, 0.2) is 12.1 Å². The van der Waals surface area contributed by atoms with Crippen LogP contribution in [0.3, 0.4) is 0 Å². The van der Waals surface area contributed by atoms with E-state index in [2.05, 4.69) is 45.2 Å². The Balaban J connectivity index is 2.70. The first-order valence-corrected chi connectivity index (χ1v) is 17.3. The molecule has 0 fully saturated rings. The molecule has 0 aromatic heterocycles. The summed E-state index contributed by atoms with van der Waals surface area (Å²) in [6.07, 6.45) is 3.43. The van der Waals surface area contributed by atoms with Gasteiger partial charge in [-0.15, -0.1) is 0 Å². The zero-order valence-corrected chi connectivity index (χ0v) is 26.7. The summed E-state index contributed by atoms with van der Waals surface area (Å²) in [5.41, 5.74) is 0. The molecule has 0 bridgehead atoms. The number of hydrogen-bond acceptors (Lipinski definition) is 8. The Morgan fingerprint density at radius 3 is 1.15 bits per heavy atom. The highest BCUT2D eigenvalue weighted by molar-refractivity contribution is 14.1. The largest absolute Gasteiger partial charge is 0.492 e. The standard InChI is InChI=1S/C22H38I2O8P2/c1-5-9-29-33(25,30-10-6-2)15-13-27-21-17-20(24)22(18-19(21)23)28-14-16-34(26,31-11-7-3)32-12-8-4/h17-18H,5-16H2,1-4H3. The van der Waals surface area contributed by atoms with Crippen molar-refractivity contribution in [2.75, 3.05) is 52.0 Å². The normalized spacial score (nSPS) is 12.2. The molecule has 0 N–H and O–H groups in total. The molecule has 0 atom stereocenters. The Hall–Kier alpha value is 0.580. The molecular weight excluding hydrogens is 708 g/mol. The number of rotatable bonds is 20. The lowest BCUT2D eigenvalue weighted by Crippen LogP contribution is -2.11. The van der Waals surface area contributed by atoms with Crippen LogP contribution in [0.2, 0.25) is 0 Å². The second-order valence-corrected chi connectivity index (χ2v) is 14.1. The number of hydrogen-bond donors (Lipinski definition) is 0. The van der Waals surface area contributed by atoms with Gasteiger partial charge in [-0.2, -0.15) is 0 Å². The average molecular weight is 746 g/mol. The van der Waals surface area contributed by atoms with Crippen molar-refractivity contribution < 1.29 is 36.7 Å². The molecule has 1 aromatic carbocycles. The molecule has 12 heteroatoms. The van der Waals surface area contributed by atoms with Crippen LogP contribution in [-0.4, -0.2) is 52.0 Å². The molecule has 0 unspecified atom stereocenters. The summed E-state index contributed by atoms with van der Waals surface area (Å²) in [5.74, 6) is 1.33. The van der Waals surface area contributed by atoms with Gasteiger partial charge in [-0.3, -0.25) is 9.13 Å². The van der Waals surface area contributed by atoms with Gasteiger partial charge in [0.25, 0.3) is 0 Å². The molecule has 0 aliphatic heterocycles. The van der Waals surface area contributed by atoms with Crippen LogP contribution in [0, 0.1) is 7.14 Å². The van der Waals surface area contributed by atoms with Gasteiger partial charge in [-0.05, 0) is 83.0 Å². The van der Waals surface area contributed by atoms with Crippen molar-refractivity contribution in [3.8, 4) is 11.5 Å². The zero-order chi connectivity index (χ0) is 25.5. The molecule has 8 nitrogen and oxygen atoms in total. The predicted octanol–water partition coefficient (Wildman–Crippen LogP) is 7.75. The van der Waals surface area contributed by atoms with Crippen LogP contribution in [-0.2, 0) is 27.2 Å². The Morgan fingerprint density at radius 1 is 0.588 bits per heavy atom. The van der Waals surface area contributed by atoms with E-state index in [1.165, 1.54) is 0 Å². The minimum absolute atomic E-state index is 0.183. The number of halogens is 2. The summed E-state index contributed by atoms with van der Waals surface area (Å²) in [5, 5.41) is 0. The first-order valence-electron chi connectivity index (χ1n) is 11.7. The zero-order valence-electron chi connectivity index (χ0n) is 20.6. The molecule has 34 heavy (non-hydrogen) atoms. The highest BCUT2D eigenvalue weighted by atomic mass is 127. The van der Waals surface area contributed by atoms with Crippen molar-refractivity contribution in [2.24, 2.45) is 0 Å². The van der Waals surface area contributed by atoms with E-state index in [-0.39, 0.29) is 25.5 Å². The molecule has 0 spiro atoms. The van der Waals surface area contributed by atoms with E-state index in [1.807, 2.05) is 39.8 Å². The van der Waals surface area contributed by atoms with Gasteiger partial charge in [0.1, 0.15) is 11.5 Å². The second kappa shape index (κ2) is 17.9. The smallest absolute Gasteiger partial charge is 0.334 e. The molecule has 0 radical (unpaired) electrons. The highest BCUT2D eigenvalue weighted by Crippen LogP contribution is 2.49. The van der Waals surface area contributed by atoms with Gasteiger partial charge in [0.05, 0.1) is 59.1 Å². The molecule has 0 saturated heterocycles.